The highest BCUT2D eigenvalue weighted by molar-refractivity contribution is 6.01. The summed E-state index contributed by atoms with van der Waals surface area (Å²) in [6.45, 7) is 5.80. The number of carbonyl (C=O) groups excluding carboxylic acids is 9. The Labute approximate surface area is 496 Å². The van der Waals surface area contributed by atoms with Gasteiger partial charge in [0.2, 0.25) is 41.4 Å². The first kappa shape index (κ1) is 63.0. The van der Waals surface area contributed by atoms with E-state index in [1.165, 1.54) is 27.0 Å². The van der Waals surface area contributed by atoms with Crippen LogP contribution < -0.4 is 42.0 Å². The second-order valence-electron chi connectivity index (χ2n) is 25.1. The first-order valence-electron chi connectivity index (χ1n) is 30.6. The SMILES string of the molecule is COc1ccc(CC(NC(=O)C(C)NC(=O)C2CCC(O)CC2)C(=O)NC(CC2CCCC2)C(=O)C2(CC3CN(CC(=O)NC(C)C(=O)NC(Cc4ccc5c(c4)CC(=O)N5)C(=O)NC(CC4CCCC4)C(=O)C4(C)CO4)CCO3)CO2)cc1O. The zero-order valence-electron chi connectivity index (χ0n) is 49.4. The number of rotatable bonds is 28. The van der Waals surface area contributed by atoms with E-state index in [4.69, 9.17) is 18.9 Å². The number of fused-ring (bicyclic) bond motifs is 1. The highest BCUT2D eigenvalue weighted by Crippen LogP contribution is 2.39. The van der Waals surface area contributed by atoms with Crippen molar-refractivity contribution in [3.63, 3.8) is 0 Å². The summed E-state index contributed by atoms with van der Waals surface area (Å²) in [5.41, 5.74) is 0.319. The van der Waals surface area contributed by atoms with Crippen LogP contribution in [0.4, 0.5) is 5.69 Å². The minimum atomic E-state index is -1.31. The molecule has 0 aromatic heterocycles. The van der Waals surface area contributed by atoms with E-state index in [1.54, 1.807) is 31.2 Å². The molecule has 464 valence electrons. The second kappa shape index (κ2) is 27.9. The molecule has 4 aliphatic heterocycles. The van der Waals surface area contributed by atoms with Gasteiger partial charge >= 0.3 is 0 Å². The highest BCUT2D eigenvalue weighted by atomic mass is 16.6. The average molecular weight is 1180 g/mol. The maximum atomic E-state index is 14.9. The van der Waals surface area contributed by atoms with Crippen molar-refractivity contribution in [1.29, 1.82) is 0 Å². The maximum Gasteiger partial charge on any atom is 0.243 e. The summed E-state index contributed by atoms with van der Waals surface area (Å²) in [6.07, 6.45) is 9.64. The van der Waals surface area contributed by atoms with Crippen molar-refractivity contribution in [2.75, 3.05) is 51.9 Å². The van der Waals surface area contributed by atoms with Crippen LogP contribution in [0.15, 0.2) is 36.4 Å². The van der Waals surface area contributed by atoms with Crippen molar-refractivity contribution in [1.82, 2.24) is 36.8 Å². The smallest absolute Gasteiger partial charge is 0.243 e. The summed E-state index contributed by atoms with van der Waals surface area (Å²) in [5, 5.41) is 40.5. The zero-order valence-corrected chi connectivity index (χ0v) is 49.4. The lowest BCUT2D eigenvalue weighted by atomic mass is 9.86. The van der Waals surface area contributed by atoms with Crippen LogP contribution >= 0.6 is 0 Å². The molecule has 23 nitrogen and oxygen atoms in total. The van der Waals surface area contributed by atoms with Crippen LogP contribution in [0.3, 0.4) is 0 Å². The van der Waals surface area contributed by atoms with E-state index < -0.39 is 89.2 Å². The first-order chi connectivity index (χ1) is 40.7. The molecule has 9 unspecified atom stereocenters. The molecule has 3 saturated carbocycles. The molecule has 4 heterocycles. The molecule has 0 spiro atoms. The largest absolute Gasteiger partial charge is 0.504 e. The monoisotopic (exact) mass is 1180 g/mol. The fraction of sp³-hybridized carbons (Fsp3) is 0.661. The van der Waals surface area contributed by atoms with Crippen LogP contribution in [0.2, 0.25) is 0 Å². The van der Waals surface area contributed by atoms with Gasteiger partial charge in [-0.1, -0.05) is 69.6 Å². The third-order valence-corrected chi connectivity index (χ3v) is 18.3. The summed E-state index contributed by atoms with van der Waals surface area (Å²) in [7, 11) is 1.41. The Balaban J connectivity index is 0.821. The normalized spacial score (nSPS) is 26.0. The average Bonchev–Trinajstić information content (AvgIpc) is 2.15. The van der Waals surface area contributed by atoms with Gasteiger partial charge < -0.3 is 66.4 Å². The summed E-state index contributed by atoms with van der Waals surface area (Å²) in [5.74, 6) is -3.88. The van der Waals surface area contributed by atoms with Crippen LogP contribution in [0, 0.1) is 17.8 Å². The quantitative estimate of drug-likeness (QED) is 0.0551. The Morgan fingerprint density at radius 2 is 1.26 bits per heavy atom. The number of aliphatic hydroxyl groups excluding tert-OH is 1. The van der Waals surface area contributed by atoms with Gasteiger partial charge in [-0.15, -0.1) is 0 Å². The fourth-order valence-electron chi connectivity index (χ4n) is 13.0. The fourth-order valence-corrected chi connectivity index (χ4v) is 13.0. The Morgan fingerprint density at radius 1 is 0.706 bits per heavy atom. The molecule has 85 heavy (non-hydrogen) atoms. The number of morpholine rings is 1. The first-order valence-corrected chi connectivity index (χ1v) is 30.6. The van der Waals surface area contributed by atoms with Crippen molar-refractivity contribution in [2.45, 2.75) is 196 Å². The zero-order chi connectivity index (χ0) is 60.6. The predicted molar refractivity (Wildman–Crippen MR) is 309 cm³/mol. The third-order valence-electron chi connectivity index (χ3n) is 18.3. The van der Waals surface area contributed by atoms with E-state index in [0.29, 0.717) is 61.9 Å². The Morgan fingerprint density at radius 3 is 1.82 bits per heavy atom. The number of aromatic hydroxyl groups is 1. The second-order valence-corrected chi connectivity index (χ2v) is 25.1. The number of phenolic OH excluding ortho intramolecular Hbond substituents is 1. The lowest BCUT2D eigenvalue weighted by Gasteiger charge is -2.34. The van der Waals surface area contributed by atoms with Crippen molar-refractivity contribution < 1.29 is 72.3 Å². The summed E-state index contributed by atoms with van der Waals surface area (Å²) < 4.78 is 22.9. The van der Waals surface area contributed by atoms with Crippen LogP contribution in [0.1, 0.15) is 134 Å². The van der Waals surface area contributed by atoms with E-state index in [0.717, 1.165) is 56.9 Å². The summed E-state index contributed by atoms with van der Waals surface area (Å²) in [6, 6.07) is 3.62. The molecule has 7 aliphatic rings. The number of nitrogens with one attached hydrogen (secondary N) is 7. The number of amides is 7. The van der Waals surface area contributed by atoms with Crippen LogP contribution in [-0.2, 0) is 76.6 Å². The van der Waals surface area contributed by atoms with Gasteiger partial charge in [0.15, 0.2) is 28.7 Å². The Kier molecular flexibility index (Phi) is 20.7. The number of hydrogen-bond acceptors (Lipinski definition) is 16. The molecule has 6 fully saturated rings. The number of Topliss-reactive ketones (excluding diaryl/α,β-unsaturated/α-hetero) is 2. The molecule has 9 N–H and O–H groups in total. The summed E-state index contributed by atoms with van der Waals surface area (Å²) >= 11 is 0. The predicted octanol–water partition coefficient (Wildman–Crippen LogP) is 2.13. The Hall–Kier alpha value is -6.53. The molecule has 2 aromatic rings. The molecule has 3 saturated heterocycles. The number of aliphatic hydroxyl groups is 1. The number of nitrogens with zero attached hydrogens (tertiary/aromatic N) is 1. The summed E-state index contributed by atoms with van der Waals surface area (Å²) in [4.78, 5) is 126. The van der Waals surface area contributed by atoms with Gasteiger partial charge in [0.1, 0.15) is 29.8 Å². The lowest BCUT2D eigenvalue weighted by Crippen LogP contribution is -2.58. The standard InChI is InChI=1S/C62H86N8O15/c1-35(56(77)68-48(26-39-13-19-45-42(23-39)29-52(73)65-45)59(80)66-46(24-37-9-5-6-10-37)54(75)61(3)33-84-61)63-53(74)32-70-21-22-83-44(31-70)30-62(34-85-62)55(76)47(25-38-11-7-8-12-38)67-60(81)49(27-40-14-20-51(82-4)50(72)28-40)69-57(78)36(2)64-58(79)41-15-17-43(71)18-16-41/h13-14,19-20,23,28,35-38,41,43-44,46-49,71-72H,5-12,15-18,21-22,24-27,29-34H2,1-4H3,(H,63,74)(H,64,79)(H,65,73)(H,66,80)(H,67,81)(H,68,77)(H,69,78). The highest BCUT2D eigenvalue weighted by Gasteiger charge is 2.56. The molecule has 3 aliphatic carbocycles. The van der Waals surface area contributed by atoms with Gasteiger partial charge in [-0.3, -0.25) is 48.1 Å². The van der Waals surface area contributed by atoms with Gasteiger partial charge in [-0.25, -0.2) is 0 Å². The van der Waals surface area contributed by atoms with E-state index in [9.17, 15) is 53.4 Å². The van der Waals surface area contributed by atoms with E-state index >= 15 is 0 Å². The number of ketones is 2. The van der Waals surface area contributed by atoms with E-state index in [2.05, 4.69) is 37.2 Å². The number of methoxy groups -OCH3 is 1. The minimum absolute atomic E-state index is 0.0416. The van der Waals surface area contributed by atoms with Crippen molar-refractivity contribution in [3.8, 4) is 11.5 Å². The molecule has 23 heteroatoms. The molecule has 7 amide bonds. The van der Waals surface area contributed by atoms with Gasteiger partial charge in [0.25, 0.3) is 0 Å². The molecular weight excluding hydrogens is 1100 g/mol. The lowest BCUT2D eigenvalue weighted by molar-refractivity contribution is -0.136. The van der Waals surface area contributed by atoms with Crippen molar-refractivity contribution >= 4 is 58.6 Å². The van der Waals surface area contributed by atoms with Gasteiger partial charge in [-0.05, 0) is 106 Å². The topological polar surface area (TPSA) is 325 Å². The van der Waals surface area contributed by atoms with Crippen LogP contribution in [0.5, 0.6) is 11.5 Å². The molecule has 9 rings (SSSR count). The van der Waals surface area contributed by atoms with E-state index in [1.807, 2.05) is 11.0 Å². The van der Waals surface area contributed by atoms with Crippen molar-refractivity contribution in [3.05, 3.63) is 53.1 Å². The van der Waals surface area contributed by atoms with Crippen LogP contribution in [0.25, 0.3) is 0 Å². The number of epoxide rings is 2. The molecular formula is C62H86N8O15. The number of phenols is 1. The third kappa shape index (κ3) is 16.7. The van der Waals surface area contributed by atoms with E-state index in [-0.39, 0.29) is 111 Å². The minimum Gasteiger partial charge on any atom is -0.504 e. The number of hydrogen-bond donors (Lipinski definition) is 9. The number of anilines is 1. The Bertz CT molecular complexity index is 2800. The molecule has 0 radical (unpaired) electrons. The van der Waals surface area contributed by atoms with Gasteiger partial charge in [0.05, 0.1) is 64.2 Å². The molecule has 0 bridgehead atoms. The van der Waals surface area contributed by atoms with Gasteiger partial charge in [0, 0.05) is 44.0 Å². The number of ether oxygens (including phenoxy) is 4. The number of benzene rings is 2. The maximum absolute atomic E-state index is 14.9. The number of carbonyl (C=O) groups is 9. The van der Waals surface area contributed by atoms with Gasteiger partial charge in [-0.2, -0.15) is 0 Å². The molecule has 9 atom stereocenters. The molecule has 2 aromatic carbocycles. The van der Waals surface area contributed by atoms with Crippen molar-refractivity contribution in [2.24, 2.45) is 17.8 Å². The van der Waals surface area contributed by atoms with Crippen LogP contribution in [-0.4, -0.2) is 174 Å².